The molecule has 3 rings (SSSR count). The highest BCUT2D eigenvalue weighted by Crippen LogP contribution is 2.31. The lowest BCUT2D eigenvalue weighted by Gasteiger charge is -2.28. The molecule has 0 aliphatic carbocycles. The van der Waals surface area contributed by atoms with Gasteiger partial charge in [-0.2, -0.15) is 11.8 Å². The fourth-order valence-corrected chi connectivity index (χ4v) is 3.84. The number of aromatic nitrogens is 2. The molecule has 0 radical (unpaired) electrons. The molecule has 3 nitrogen and oxygen atoms in total. The third-order valence-electron chi connectivity index (χ3n) is 3.91. The van der Waals surface area contributed by atoms with Crippen molar-refractivity contribution in [3.05, 3.63) is 29.6 Å². The van der Waals surface area contributed by atoms with Crippen molar-refractivity contribution in [3.8, 4) is 0 Å². The van der Waals surface area contributed by atoms with Crippen LogP contribution in [0.4, 0.5) is 0 Å². The van der Waals surface area contributed by atoms with Crippen LogP contribution >= 0.6 is 11.8 Å². The van der Waals surface area contributed by atoms with Gasteiger partial charge < -0.3 is 4.98 Å². The number of H-pyrrole nitrogens is 1. The van der Waals surface area contributed by atoms with Crippen molar-refractivity contribution in [3.63, 3.8) is 0 Å². The van der Waals surface area contributed by atoms with Gasteiger partial charge in [0.15, 0.2) is 0 Å². The Morgan fingerprint density at radius 3 is 2.75 bits per heavy atom. The summed E-state index contributed by atoms with van der Waals surface area (Å²) in [6.07, 6.45) is 1.87. The number of fused-ring (bicyclic) bond motifs is 1. The Morgan fingerprint density at radius 2 is 2.05 bits per heavy atom. The van der Waals surface area contributed by atoms with Crippen LogP contribution in [-0.2, 0) is 12.0 Å². The Hall–Kier alpha value is -1.00. The van der Waals surface area contributed by atoms with E-state index in [1.54, 1.807) is 0 Å². The number of nitrogens with one attached hydrogen (secondary N) is 1. The molecule has 2 aromatic heterocycles. The van der Waals surface area contributed by atoms with Crippen LogP contribution in [0.5, 0.6) is 0 Å². The minimum Gasteiger partial charge on any atom is -0.342 e. The highest BCUT2D eigenvalue weighted by Gasteiger charge is 2.24. The lowest BCUT2D eigenvalue weighted by atomic mass is 9.89. The second-order valence-electron chi connectivity index (χ2n) is 6.52. The van der Waals surface area contributed by atoms with Gasteiger partial charge in [-0.05, 0) is 17.7 Å². The molecule has 2 aromatic rings. The van der Waals surface area contributed by atoms with Crippen molar-refractivity contribution in [1.29, 1.82) is 0 Å². The molecule has 0 spiro atoms. The topological polar surface area (TPSA) is 31.9 Å². The average molecular weight is 289 g/mol. The monoisotopic (exact) mass is 289 g/mol. The Balaban J connectivity index is 2.01. The maximum absolute atomic E-state index is 4.49. The van der Waals surface area contributed by atoms with E-state index in [-0.39, 0.29) is 5.41 Å². The first-order valence-corrected chi connectivity index (χ1v) is 8.47. The largest absolute Gasteiger partial charge is 0.342 e. The molecule has 0 unspecified atom stereocenters. The predicted octanol–water partition coefficient (Wildman–Crippen LogP) is 3.41. The van der Waals surface area contributed by atoms with E-state index in [0.29, 0.717) is 0 Å². The molecule has 0 saturated carbocycles. The smallest absolute Gasteiger partial charge is 0.137 e. The second-order valence-corrected chi connectivity index (χ2v) is 7.74. The number of pyridine rings is 1. The van der Waals surface area contributed by atoms with Gasteiger partial charge >= 0.3 is 0 Å². The van der Waals surface area contributed by atoms with Crippen molar-refractivity contribution < 1.29 is 0 Å². The average Bonchev–Trinajstić information content (AvgIpc) is 2.79. The second kappa shape index (κ2) is 5.41. The van der Waals surface area contributed by atoms with Gasteiger partial charge in [0.2, 0.25) is 0 Å². The highest BCUT2D eigenvalue weighted by atomic mass is 32.2. The molecular weight excluding hydrogens is 266 g/mol. The van der Waals surface area contributed by atoms with Crippen molar-refractivity contribution in [2.75, 3.05) is 24.6 Å². The first-order valence-electron chi connectivity index (χ1n) is 7.32. The highest BCUT2D eigenvalue weighted by molar-refractivity contribution is 7.99. The van der Waals surface area contributed by atoms with E-state index in [9.17, 15) is 0 Å². The molecular formula is C16H23N3S. The Morgan fingerprint density at radius 1 is 1.30 bits per heavy atom. The van der Waals surface area contributed by atoms with Gasteiger partial charge in [-0.3, -0.25) is 4.90 Å². The number of hydrogen-bond donors (Lipinski definition) is 1. The zero-order chi connectivity index (χ0) is 14.2. The maximum Gasteiger partial charge on any atom is 0.137 e. The number of thioether (sulfide) groups is 1. The molecule has 4 heteroatoms. The molecule has 3 heterocycles. The molecule has 0 amide bonds. The fraction of sp³-hybridized carbons (Fsp3) is 0.562. The summed E-state index contributed by atoms with van der Waals surface area (Å²) in [5, 5.41) is 1.29. The van der Waals surface area contributed by atoms with Crippen molar-refractivity contribution in [2.45, 2.75) is 32.7 Å². The summed E-state index contributed by atoms with van der Waals surface area (Å²) in [4.78, 5) is 10.6. The van der Waals surface area contributed by atoms with E-state index < -0.39 is 0 Å². The summed E-state index contributed by atoms with van der Waals surface area (Å²) in [5.41, 5.74) is 3.93. The zero-order valence-corrected chi connectivity index (χ0v) is 13.4. The maximum atomic E-state index is 4.49. The van der Waals surface area contributed by atoms with Crippen LogP contribution in [0.15, 0.2) is 18.3 Å². The SMILES string of the molecule is CC(C)(C)c1[nH]c2ncccc2c1CN1CCSCC1. The van der Waals surface area contributed by atoms with Crippen molar-refractivity contribution in [1.82, 2.24) is 14.9 Å². The van der Waals surface area contributed by atoms with Gasteiger partial charge in [0.1, 0.15) is 5.65 Å². The van der Waals surface area contributed by atoms with Gasteiger partial charge in [0.05, 0.1) is 0 Å². The van der Waals surface area contributed by atoms with Gasteiger partial charge in [-0.25, -0.2) is 4.98 Å². The predicted molar refractivity (Wildman–Crippen MR) is 87.4 cm³/mol. The van der Waals surface area contributed by atoms with E-state index in [2.05, 4.69) is 53.5 Å². The van der Waals surface area contributed by atoms with Crippen LogP contribution in [0.1, 0.15) is 32.0 Å². The number of aromatic amines is 1. The van der Waals surface area contributed by atoms with E-state index in [0.717, 1.165) is 12.2 Å². The lowest BCUT2D eigenvalue weighted by molar-refractivity contribution is 0.293. The third-order valence-corrected chi connectivity index (χ3v) is 4.86. The normalized spacial score (nSPS) is 17.8. The molecule has 1 aliphatic heterocycles. The van der Waals surface area contributed by atoms with E-state index in [4.69, 9.17) is 0 Å². The quantitative estimate of drug-likeness (QED) is 0.919. The van der Waals surface area contributed by atoms with E-state index in [1.807, 2.05) is 12.3 Å². The van der Waals surface area contributed by atoms with E-state index in [1.165, 1.54) is 41.2 Å². The molecule has 1 N–H and O–H groups in total. The molecule has 0 aromatic carbocycles. The molecule has 1 saturated heterocycles. The van der Waals surface area contributed by atoms with Crippen LogP contribution in [0.2, 0.25) is 0 Å². The Bertz CT molecular complexity index is 591. The first-order chi connectivity index (χ1) is 9.55. The van der Waals surface area contributed by atoms with Crippen molar-refractivity contribution >= 4 is 22.8 Å². The minimum atomic E-state index is 0.126. The molecule has 1 aliphatic rings. The van der Waals surface area contributed by atoms with Crippen LogP contribution in [0.3, 0.4) is 0 Å². The summed E-state index contributed by atoms with van der Waals surface area (Å²) in [6.45, 7) is 10.2. The number of nitrogens with zero attached hydrogens (tertiary/aromatic N) is 2. The number of rotatable bonds is 2. The third kappa shape index (κ3) is 2.72. The van der Waals surface area contributed by atoms with Gasteiger partial charge in [-0.15, -0.1) is 0 Å². The summed E-state index contributed by atoms with van der Waals surface area (Å²) in [5.74, 6) is 2.51. The summed E-state index contributed by atoms with van der Waals surface area (Å²) in [6, 6.07) is 4.24. The van der Waals surface area contributed by atoms with Crippen LogP contribution in [0.25, 0.3) is 11.0 Å². The summed E-state index contributed by atoms with van der Waals surface area (Å²) >= 11 is 2.06. The van der Waals surface area contributed by atoms with Crippen LogP contribution < -0.4 is 0 Å². The molecule has 1 fully saturated rings. The van der Waals surface area contributed by atoms with E-state index >= 15 is 0 Å². The van der Waals surface area contributed by atoms with Gasteiger partial charge in [-0.1, -0.05) is 20.8 Å². The minimum absolute atomic E-state index is 0.126. The summed E-state index contributed by atoms with van der Waals surface area (Å²) < 4.78 is 0. The molecule has 0 bridgehead atoms. The summed E-state index contributed by atoms with van der Waals surface area (Å²) in [7, 11) is 0. The zero-order valence-electron chi connectivity index (χ0n) is 12.6. The standard InChI is InChI=1S/C16H23N3S/c1-16(2,3)14-13(11-19-7-9-20-10-8-19)12-5-4-6-17-15(12)18-14/h4-6H,7-11H2,1-3H3,(H,17,18). The lowest BCUT2D eigenvalue weighted by Crippen LogP contribution is -2.32. The Kier molecular flexibility index (Phi) is 3.78. The number of hydrogen-bond acceptors (Lipinski definition) is 3. The van der Waals surface area contributed by atoms with Crippen molar-refractivity contribution in [2.24, 2.45) is 0 Å². The molecule has 108 valence electrons. The van der Waals surface area contributed by atoms with Crippen LogP contribution in [0, 0.1) is 0 Å². The first kappa shape index (κ1) is 14.0. The Labute approximate surface area is 125 Å². The van der Waals surface area contributed by atoms with Crippen LogP contribution in [-0.4, -0.2) is 39.5 Å². The van der Waals surface area contributed by atoms with Gasteiger partial charge in [0, 0.05) is 53.8 Å². The molecule has 20 heavy (non-hydrogen) atoms. The fourth-order valence-electron chi connectivity index (χ4n) is 2.86. The van der Waals surface area contributed by atoms with Gasteiger partial charge in [0.25, 0.3) is 0 Å². The molecule has 0 atom stereocenters.